The molecule has 0 saturated heterocycles. The van der Waals surface area contributed by atoms with Gasteiger partial charge in [-0.15, -0.1) is 11.3 Å². The number of ether oxygens (including phenoxy) is 1. The number of hydrogen-bond acceptors (Lipinski definition) is 4. The highest BCUT2D eigenvalue weighted by Crippen LogP contribution is 2.31. The fourth-order valence-electron chi connectivity index (χ4n) is 2.51. The third-order valence-corrected chi connectivity index (χ3v) is 4.86. The Morgan fingerprint density at radius 1 is 1.26 bits per heavy atom. The van der Waals surface area contributed by atoms with Gasteiger partial charge in [0.15, 0.2) is 5.13 Å². The zero-order chi connectivity index (χ0) is 19.2. The van der Waals surface area contributed by atoms with Crippen LogP contribution < -0.4 is 10.1 Å². The second-order valence-corrected chi connectivity index (χ2v) is 7.40. The summed E-state index contributed by atoms with van der Waals surface area (Å²) >= 11 is 7.49. The van der Waals surface area contributed by atoms with Crippen molar-refractivity contribution >= 4 is 40.1 Å². The lowest BCUT2D eigenvalue weighted by molar-refractivity contribution is -0.111. The van der Waals surface area contributed by atoms with Crippen molar-refractivity contribution in [3.63, 3.8) is 0 Å². The quantitative estimate of drug-likeness (QED) is 0.532. The molecule has 138 valence electrons. The van der Waals surface area contributed by atoms with Crippen molar-refractivity contribution < 1.29 is 9.53 Å². The molecule has 0 unspecified atom stereocenters. The number of halogens is 1. The first-order chi connectivity index (χ1) is 13.0. The number of aromatic nitrogens is 1. The third-order valence-electron chi connectivity index (χ3n) is 3.74. The highest BCUT2D eigenvalue weighted by Gasteiger charge is 2.11. The number of aryl methyl sites for hydroxylation is 1. The average molecular weight is 399 g/mol. The summed E-state index contributed by atoms with van der Waals surface area (Å²) in [4.78, 5) is 17.7. The van der Waals surface area contributed by atoms with Gasteiger partial charge >= 0.3 is 0 Å². The molecule has 1 amide bonds. The van der Waals surface area contributed by atoms with E-state index in [9.17, 15) is 4.79 Å². The summed E-state index contributed by atoms with van der Waals surface area (Å²) in [5.41, 5.74) is 2.68. The lowest BCUT2D eigenvalue weighted by atomic mass is 10.1. The Morgan fingerprint density at radius 3 is 2.74 bits per heavy atom. The maximum absolute atomic E-state index is 12.2. The number of thiazole rings is 1. The lowest BCUT2D eigenvalue weighted by Crippen LogP contribution is -2.07. The van der Waals surface area contributed by atoms with Crippen LogP contribution in [0.15, 0.2) is 54.6 Å². The molecule has 1 N–H and O–H groups in total. The second kappa shape index (κ2) is 8.84. The van der Waals surface area contributed by atoms with E-state index in [4.69, 9.17) is 16.3 Å². The van der Waals surface area contributed by atoms with Crippen LogP contribution in [0.25, 0.3) is 17.3 Å². The van der Waals surface area contributed by atoms with E-state index in [1.807, 2.05) is 62.4 Å². The monoisotopic (exact) mass is 398 g/mol. The van der Waals surface area contributed by atoms with Crippen LogP contribution in [0.3, 0.4) is 0 Å². The van der Waals surface area contributed by atoms with Crippen molar-refractivity contribution in [2.45, 2.75) is 13.8 Å². The van der Waals surface area contributed by atoms with Gasteiger partial charge in [0.2, 0.25) is 5.91 Å². The van der Waals surface area contributed by atoms with Crippen LogP contribution in [-0.2, 0) is 4.79 Å². The van der Waals surface area contributed by atoms with Crippen LogP contribution in [0, 0.1) is 6.92 Å². The van der Waals surface area contributed by atoms with Crippen molar-refractivity contribution in [1.29, 1.82) is 0 Å². The summed E-state index contributed by atoms with van der Waals surface area (Å²) in [5, 5.41) is 4.03. The number of carbonyl (C=O) groups excluding carboxylic acids is 1. The molecular weight excluding hydrogens is 380 g/mol. The number of benzene rings is 2. The maximum atomic E-state index is 12.2. The Bertz CT molecular complexity index is 965. The molecule has 6 heteroatoms. The minimum atomic E-state index is -0.227. The van der Waals surface area contributed by atoms with Crippen LogP contribution in [-0.4, -0.2) is 17.5 Å². The molecule has 27 heavy (non-hydrogen) atoms. The topological polar surface area (TPSA) is 51.2 Å². The fourth-order valence-corrected chi connectivity index (χ4v) is 3.54. The summed E-state index contributed by atoms with van der Waals surface area (Å²) in [7, 11) is 0. The molecule has 0 saturated carbocycles. The molecule has 0 bridgehead atoms. The van der Waals surface area contributed by atoms with Crippen LogP contribution in [0.4, 0.5) is 5.13 Å². The van der Waals surface area contributed by atoms with Crippen molar-refractivity contribution in [2.75, 3.05) is 11.9 Å². The van der Waals surface area contributed by atoms with Crippen LogP contribution >= 0.6 is 22.9 Å². The van der Waals surface area contributed by atoms with Gasteiger partial charge in [-0.1, -0.05) is 35.9 Å². The number of amides is 1. The molecule has 0 aliphatic rings. The molecule has 1 aromatic heterocycles. The Labute approximate surface area is 167 Å². The van der Waals surface area contributed by atoms with Gasteiger partial charge in [0.05, 0.1) is 12.3 Å². The van der Waals surface area contributed by atoms with E-state index in [0.29, 0.717) is 16.8 Å². The van der Waals surface area contributed by atoms with Crippen LogP contribution in [0.2, 0.25) is 5.02 Å². The average Bonchev–Trinajstić information content (AvgIpc) is 3.01. The Kier molecular flexibility index (Phi) is 6.27. The van der Waals surface area contributed by atoms with Gasteiger partial charge in [-0.05, 0) is 49.8 Å². The molecule has 4 nitrogen and oxygen atoms in total. The molecule has 0 spiro atoms. The first kappa shape index (κ1) is 19.1. The van der Waals surface area contributed by atoms with Crippen LogP contribution in [0.5, 0.6) is 5.75 Å². The van der Waals surface area contributed by atoms with Gasteiger partial charge < -0.3 is 4.74 Å². The van der Waals surface area contributed by atoms with Gasteiger partial charge in [-0.2, -0.15) is 0 Å². The smallest absolute Gasteiger partial charge is 0.250 e. The van der Waals surface area contributed by atoms with E-state index in [1.165, 1.54) is 17.4 Å². The van der Waals surface area contributed by atoms with Crippen molar-refractivity contribution in [3.8, 4) is 17.0 Å². The minimum Gasteiger partial charge on any atom is -0.494 e. The number of nitrogens with one attached hydrogen (secondary N) is 1. The Morgan fingerprint density at radius 2 is 2.04 bits per heavy atom. The highest BCUT2D eigenvalue weighted by atomic mass is 35.5. The molecule has 0 aliphatic carbocycles. The van der Waals surface area contributed by atoms with E-state index in [1.54, 1.807) is 6.08 Å². The summed E-state index contributed by atoms with van der Waals surface area (Å²) in [6.45, 7) is 4.54. The Balaban J connectivity index is 1.66. The number of anilines is 1. The second-order valence-electron chi connectivity index (χ2n) is 5.76. The number of rotatable bonds is 6. The minimum absolute atomic E-state index is 0.227. The molecule has 0 atom stereocenters. The summed E-state index contributed by atoms with van der Waals surface area (Å²) < 4.78 is 5.40. The SMILES string of the molecule is CCOc1ccc(/C=C/C(=O)Nc2nc(-c3cccc(Cl)c3)c(C)s2)cc1. The number of hydrogen-bond donors (Lipinski definition) is 1. The zero-order valence-corrected chi connectivity index (χ0v) is 16.6. The van der Waals surface area contributed by atoms with Crippen molar-refractivity contribution in [3.05, 3.63) is 70.1 Å². The van der Waals surface area contributed by atoms with Gasteiger partial charge in [0, 0.05) is 21.5 Å². The fraction of sp³-hybridized carbons (Fsp3) is 0.143. The summed E-state index contributed by atoms with van der Waals surface area (Å²) in [6, 6.07) is 15.1. The van der Waals surface area contributed by atoms with Gasteiger partial charge in [-0.3, -0.25) is 10.1 Å². The summed E-state index contributed by atoms with van der Waals surface area (Å²) in [5.74, 6) is 0.584. The third kappa shape index (κ3) is 5.18. The standard InChI is InChI=1S/C21H19ClN2O2S/c1-3-26-18-10-7-15(8-11-18)9-12-19(25)23-21-24-20(14(2)27-21)16-5-4-6-17(22)13-16/h4-13H,3H2,1-2H3,(H,23,24,25)/b12-9+. The largest absolute Gasteiger partial charge is 0.494 e. The number of carbonyl (C=O) groups is 1. The molecule has 0 fully saturated rings. The van der Waals surface area contributed by atoms with E-state index in [2.05, 4.69) is 10.3 Å². The Hall–Kier alpha value is -2.63. The molecule has 0 aliphatic heterocycles. The highest BCUT2D eigenvalue weighted by molar-refractivity contribution is 7.16. The van der Waals surface area contributed by atoms with E-state index < -0.39 is 0 Å². The predicted molar refractivity (Wildman–Crippen MR) is 113 cm³/mol. The van der Waals surface area contributed by atoms with E-state index >= 15 is 0 Å². The summed E-state index contributed by atoms with van der Waals surface area (Å²) in [6.07, 6.45) is 3.24. The van der Waals surface area contributed by atoms with E-state index in [0.717, 1.165) is 27.4 Å². The lowest BCUT2D eigenvalue weighted by Gasteiger charge is -2.02. The van der Waals surface area contributed by atoms with E-state index in [-0.39, 0.29) is 5.91 Å². The molecule has 2 aromatic carbocycles. The first-order valence-electron chi connectivity index (χ1n) is 8.50. The van der Waals surface area contributed by atoms with Gasteiger partial charge in [0.25, 0.3) is 0 Å². The van der Waals surface area contributed by atoms with Gasteiger partial charge in [0.1, 0.15) is 5.75 Å². The van der Waals surface area contributed by atoms with Crippen molar-refractivity contribution in [1.82, 2.24) is 4.98 Å². The predicted octanol–water partition coefficient (Wildman–Crippen LogP) is 5.82. The normalized spacial score (nSPS) is 10.9. The van der Waals surface area contributed by atoms with Crippen LogP contribution in [0.1, 0.15) is 17.4 Å². The first-order valence-corrected chi connectivity index (χ1v) is 9.70. The maximum Gasteiger partial charge on any atom is 0.250 e. The molecular formula is C21H19ClN2O2S. The number of nitrogens with zero attached hydrogens (tertiary/aromatic N) is 1. The molecule has 0 radical (unpaired) electrons. The molecule has 1 heterocycles. The zero-order valence-electron chi connectivity index (χ0n) is 15.0. The molecule has 3 rings (SSSR count). The van der Waals surface area contributed by atoms with Crippen molar-refractivity contribution in [2.24, 2.45) is 0 Å². The molecule has 3 aromatic rings. The van der Waals surface area contributed by atoms with Gasteiger partial charge in [-0.25, -0.2) is 4.98 Å².